The summed E-state index contributed by atoms with van der Waals surface area (Å²) in [5, 5.41) is 8.75. The van der Waals surface area contributed by atoms with E-state index in [1.165, 1.54) is 12.1 Å². The fourth-order valence-electron chi connectivity index (χ4n) is 2.81. The Bertz CT molecular complexity index is 1090. The van der Waals surface area contributed by atoms with Crippen LogP contribution in [0.1, 0.15) is 18.1 Å². The first-order chi connectivity index (χ1) is 14.3. The molecule has 0 atom stereocenters. The van der Waals surface area contributed by atoms with Crippen molar-refractivity contribution in [1.82, 2.24) is 5.43 Å². The Hall–Kier alpha value is -3.55. The first-order valence-corrected chi connectivity index (χ1v) is 9.09. The minimum absolute atomic E-state index is 0.200. The molecule has 0 bridgehead atoms. The second-order valence-corrected chi connectivity index (χ2v) is 6.59. The molecule has 3 aromatic carbocycles. The number of benzene rings is 3. The molecule has 0 spiro atoms. The average Bonchev–Trinajstić information content (AvgIpc) is 2.74. The van der Waals surface area contributed by atoms with Crippen LogP contribution in [-0.2, 0) is 11.0 Å². The third-order valence-corrected chi connectivity index (χ3v) is 4.46. The number of carbonyl (C=O) groups is 1. The van der Waals surface area contributed by atoms with Crippen molar-refractivity contribution in [2.75, 3.05) is 19.0 Å². The number of halogens is 3. The fourth-order valence-corrected chi connectivity index (χ4v) is 2.81. The Morgan fingerprint density at radius 3 is 2.50 bits per heavy atom. The molecule has 0 aliphatic carbocycles. The van der Waals surface area contributed by atoms with Gasteiger partial charge in [0.15, 0.2) is 0 Å². The SMILES string of the molecule is COc1ccc2cc(C(C)=NNC(=O)CNc3cccc(C(F)(F)F)c3)ccc2c1. The average molecular weight is 415 g/mol. The van der Waals surface area contributed by atoms with Gasteiger partial charge in [-0.25, -0.2) is 5.43 Å². The molecule has 0 unspecified atom stereocenters. The number of nitrogens with zero attached hydrogens (tertiary/aromatic N) is 1. The van der Waals surface area contributed by atoms with Gasteiger partial charge < -0.3 is 10.1 Å². The predicted octanol–water partition coefficient (Wildman–Crippen LogP) is 4.82. The molecule has 0 radical (unpaired) electrons. The molecule has 3 rings (SSSR count). The quantitative estimate of drug-likeness (QED) is 0.448. The molecular weight excluding hydrogens is 395 g/mol. The van der Waals surface area contributed by atoms with E-state index in [0.29, 0.717) is 5.71 Å². The molecule has 8 heteroatoms. The largest absolute Gasteiger partial charge is 0.497 e. The summed E-state index contributed by atoms with van der Waals surface area (Å²) in [6.45, 7) is 1.54. The highest BCUT2D eigenvalue weighted by molar-refractivity contribution is 6.02. The van der Waals surface area contributed by atoms with Gasteiger partial charge in [-0.2, -0.15) is 18.3 Å². The Labute approximate surface area is 171 Å². The topological polar surface area (TPSA) is 62.7 Å². The lowest BCUT2D eigenvalue weighted by Crippen LogP contribution is -2.26. The smallest absolute Gasteiger partial charge is 0.416 e. The number of ether oxygens (including phenoxy) is 1. The molecule has 0 aliphatic rings. The lowest BCUT2D eigenvalue weighted by Gasteiger charge is -2.10. The van der Waals surface area contributed by atoms with E-state index in [1.54, 1.807) is 14.0 Å². The normalized spacial score (nSPS) is 12.0. The number of alkyl halides is 3. The van der Waals surface area contributed by atoms with Crippen molar-refractivity contribution in [3.05, 3.63) is 71.8 Å². The van der Waals surface area contributed by atoms with Gasteiger partial charge in [-0.3, -0.25) is 4.79 Å². The molecule has 5 nitrogen and oxygen atoms in total. The van der Waals surface area contributed by atoms with Gasteiger partial charge in [-0.1, -0.05) is 24.3 Å². The van der Waals surface area contributed by atoms with Gasteiger partial charge in [0.2, 0.25) is 0 Å². The second kappa shape index (κ2) is 8.86. The third-order valence-electron chi connectivity index (χ3n) is 4.46. The van der Waals surface area contributed by atoms with Crippen LogP contribution in [-0.4, -0.2) is 25.3 Å². The minimum Gasteiger partial charge on any atom is -0.497 e. The Balaban J connectivity index is 1.61. The summed E-state index contributed by atoms with van der Waals surface area (Å²) in [4.78, 5) is 12.0. The number of methoxy groups -OCH3 is 1. The van der Waals surface area contributed by atoms with E-state index < -0.39 is 17.6 Å². The van der Waals surface area contributed by atoms with Crippen LogP contribution in [0.4, 0.5) is 18.9 Å². The van der Waals surface area contributed by atoms with E-state index in [4.69, 9.17) is 4.74 Å². The van der Waals surface area contributed by atoms with Crippen molar-refractivity contribution in [3.63, 3.8) is 0 Å². The molecule has 0 heterocycles. The monoisotopic (exact) mass is 415 g/mol. The fraction of sp³-hybridized carbons (Fsp3) is 0.182. The number of carbonyl (C=O) groups excluding carboxylic acids is 1. The zero-order chi connectivity index (χ0) is 21.7. The summed E-state index contributed by atoms with van der Waals surface area (Å²) in [7, 11) is 1.61. The van der Waals surface area contributed by atoms with E-state index in [0.717, 1.165) is 34.2 Å². The van der Waals surface area contributed by atoms with Crippen molar-refractivity contribution >= 4 is 28.1 Å². The summed E-state index contributed by atoms with van der Waals surface area (Å²) in [6, 6.07) is 16.1. The van der Waals surface area contributed by atoms with Gasteiger partial charge in [0, 0.05) is 5.69 Å². The maximum atomic E-state index is 12.7. The van der Waals surface area contributed by atoms with Crippen LogP contribution in [0.3, 0.4) is 0 Å². The number of fused-ring (bicyclic) bond motifs is 1. The Morgan fingerprint density at radius 1 is 1.03 bits per heavy atom. The molecule has 2 N–H and O–H groups in total. The Kier molecular flexibility index (Phi) is 6.25. The van der Waals surface area contributed by atoms with Gasteiger partial charge in [-0.15, -0.1) is 0 Å². The van der Waals surface area contributed by atoms with Crippen LogP contribution < -0.4 is 15.5 Å². The maximum Gasteiger partial charge on any atom is 0.416 e. The van der Waals surface area contributed by atoms with Crippen molar-refractivity contribution < 1.29 is 22.7 Å². The Morgan fingerprint density at radius 2 is 1.77 bits per heavy atom. The number of rotatable bonds is 6. The number of hydrazone groups is 1. The standard InChI is InChI=1S/C22H20F3N3O2/c1-14(15-6-7-17-11-20(30-2)9-8-16(17)10-15)27-28-21(29)13-26-19-5-3-4-18(12-19)22(23,24)25/h3-12,26H,13H2,1-2H3,(H,28,29). The van der Waals surface area contributed by atoms with Crippen LogP contribution in [0.5, 0.6) is 5.75 Å². The van der Waals surface area contributed by atoms with Crippen LogP contribution in [0, 0.1) is 0 Å². The maximum absolute atomic E-state index is 12.7. The predicted molar refractivity (Wildman–Crippen MR) is 111 cm³/mol. The number of nitrogens with one attached hydrogen (secondary N) is 2. The highest BCUT2D eigenvalue weighted by Gasteiger charge is 2.30. The van der Waals surface area contributed by atoms with Gasteiger partial charge >= 0.3 is 6.18 Å². The van der Waals surface area contributed by atoms with E-state index in [1.807, 2.05) is 36.4 Å². The third kappa shape index (κ3) is 5.28. The van der Waals surface area contributed by atoms with E-state index >= 15 is 0 Å². The first-order valence-electron chi connectivity index (χ1n) is 9.09. The second-order valence-electron chi connectivity index (χ2n) is 6.59. The van der Waals surface area contributed by atoms with Crippen molar-refractivity contribution in [2.45, 2.75) is 13.1 Å². The summed E-state index contributed by atoms with van der Waals surface area (Å²) in [6.07, 6.45) is -4.44. The molecule has 0 saturated carbocycles. The highest BCUT2D eigenvalue weighted by Crippen LogP contribution is 2.30. The van der Waals surface area contributed by atoms with Gasteiger partial charge in [0.1, 0.15) is 5.75 Å². The summed E-state index contributed by atoms with van der Waals surface area (Å²) in [5.74, 6) is 0.290. The van der Waals surface area contributed by atoms with E-state index in [9.17, 15) is 18.0 Å². The van der Waals surface area contributed by atoms with Crippen molar-refractivity contribution in [2.24, 2.45) is 5.10 Å². The molecule has 156 valence electrons. The van der Waals surface area contributed by atoms with E-state index in [-0.39, 0.29) is 12.2 Å². The zero-order valence-electron chi connectivity index (χ0n) is 16.4. The molecule has 0 fully saturated rings. The summed E-state index contributed by atoms with van der Waals surface area (Å²) in [5.41, 5.74) is 3.25. The molecular formula is C22H20F3N3O2. The minimum atomic E-state index is -4.44. The summed E-state index contributed by atoms with van der Waals surface area (Å²) >= 11 is 0. The molecule has 30 heavy (non-hydrogen) atoms. The van der Waals surface area contributed by atoms with Crippen molar-refractivity contribution in [1.29, 1.82) is 0 Å². The molecule has 3 aromatic rings. The van der Waals surface area contributed by atoms with Crippen LogP contribution in [0.25, 0.3) is 10.8 Å². The number of hydrogen-bond acceptors (Lipinski definition) is 4. The number of amides is 1. The summed E-state index contributed by atoms with van der Waals surface area (Å²) < 4.78 is 43.4. The number of hydrogen-bond donors (Lipinski definition) is 2. The van der Waals surface area contributed by atoms with Crippen LogP contribution in [0.2, 0.25) is 0 Å². The molecule has 0 aromatic heterocycles. The molecule has 0 saturated heterocycles. The number of anilines is 1. The zero-order valence-corrected chi connectivity index (χ0v) is 16.4. The lowest BCUT2D eigenvalue weighted by atomic mass is 10.0. The van der Waals surface area contributed by atoms with E-state index in [2.05, 4.69) is 15.8 Å². The van der Waals surface area contributed by atoms with Gasteiger partial charge in [-0.05, 0) is 59.7 Å². The first kappa shape index (κ1) is 21.2. The van der Waals surface area contributed by atoms with Crippen LogP contribution >= 0.6 is 0 Å². The van der Waals surface area contributed by atoms with Gasteiger partial charge in [0.05, 0.1) is 24.9 Å². The molecule has 1 amide bonds. The van der Waals surface area contributed by atoms with Gasteiger partial charge in [0.25, 0.3) is 5.91 Å². The van der Waals surface area contributed by atoms with Crippen molar-refractivity contribution in [3.8, 4) is 5.75 Å². The van der Waals surface area contributed by atoms with Crippen LogP contribution in [0.15, 0.2) is 65.8 Å². The highest BCUT2D eigenvalue weighted by atomic mass is 19.4. The lowest BCUT2D eigenvalue weighted by molar-refractivity contribution is -0.137. The molecule has 0 aliphatic heterocycles.